The summed E-state index contributed by atoms with van der Waals surface area (Å²) in [5.41, 5.74) is 4.00. The average molecular weight is 369 g/mol. The van der Waals surface area contributed by atoms with Gasteiger partial charge in [0.2, 0.25) is 0 Å². The lowest BCUT2D eigenvalue weighted by Crippen LogP contribution is -2.34. The first-order valence-electron chi connectivity index (χ1n) is 8.73. The van der Waals surface area contributed by atoms with Gasteiger partial charge in [-0.05, 0) is 55.2 Å². The molecule has 0 spiro atoms. The topological polar surface area (TPSA) is 43.4 Å². The number of carbonyl (C=O) groups excluding carboxylic acids is 2. The van der Waals surface area contributed by atoms with Gasteiger partial charge in [0.05, 0.1) is 6.61 Å². The van der Waals surface area contributed by atoms with Gasteiger partial charge in [-0.15, -0.1) is 0 Å². The minimum absolute atomic E-state index is 0.203. The van der Waals surface area contributed by atoms with Gasteiger partial charge < -0.3 is 4.74 Å². The maximum absolute atomic E-state index is 12.8. The second-order valence-corrected chi connectivity index (χ2v) is 6.97. The average Bonchev–Trinajstić information content (AvgIpc) is 2.62. The van der Waals surface area contributed by atoms with E-state index in [1.807, 2.05) is 37.3 Å². The number of aryl methyl sites for hydroxylation is 1. The fourth-order valence-corrected chi connectivity index (χ4v) is 3.58. The Labute approximate surface area is 158 Å². The standard InChI is InChI=1S/C22H21ClO3/c1-3-26-22(25)21-19(15-7-9-18(23)10-8-15)12-17(13-20(21)24)16-6-4-5-14(2)11-16/h4-11,13,19,21H,3,12H2,1-2H3/t19-,21-/m1/s1. The van der Waals surface area contributed by atoms with Crippen LogP contribution in [-0.4, -0.2) is 18.4 Å². The van der Waals surface area contributed by atoms with E-state index in [9.17, 15) is 9.59 Å². The molecule has 1 aliphatic carbocycles. The number of allylic oxidation sites excluding steroid dienone is 2. The molecule has 0 fully saturated rings. The second-order valence-electron chi connectivity index (χ2n) is 6.53. The van der Waals surface area contributed by atoms with Crippen molar-refractivity contribution in [1.29, 1.82) is 0 Å². The molecule has 1 aliphatic rings. The van der Waals surface area contributed by atoms with Gasteiger partial charge in [0.1, 0.15) is 5.92 Å². The molecule has 3 rings (SSSR count). The molecule has 0 saturated heterocycles. The van der Waals surface area contributed by atoms with E-state index in [4.69, 9.17) is 16.3 Å². The lowest BCUT2D eigenvalue weighted by molar-refractivity contribution is -0.151. The van der Waals surface area contributed by atoms with Crippen molar-refractivity contribution < 1.29 is 14.3 Å². The van der Waals surface area contributed by atoms with Gasteiger partial charge in [0.25, 0.3) is 0 Å². The fraction of sp³-hybridized carbons (Fsp3) is 0.273. The van der Waals surface area contributed by atoms with E-state index >= 15 is 0 Å². The molecule has 0 saturated carbocycles. The molecular formula is C22H21ClO3. The summed E-state index contributed by atoms with van der Waals surface area (Å²) >= 11 is 6.00. The normalized spacial score (nSPS) is 19.8. The van der Waals surface area contributed by atoms with E-state index in [1.165, 1.54) is 0 Å². The molecule has 3 nitrogen and oxygen atoms in total. The molecular weight excluding hydrogens is 348 g/mol. The zero-order valence-electron chi connectivity index (χ0n) is 14.9. The second kappa shape index (κ2) is 7.88. The van der Waals surface area contributed by atoms with Crippen LogP contribution in [0.3, 0.4) is 0 Å². The van der Waals surface area contributed by atoms with Crippen molar-refractivity contribution >= 4 is 28.9 Å². The van der Waals surface area contributed by atoms with Crippen molar-refractivity contribution in [1.82, 2.24) is 0 Å². The van der Waals surface area contributed by atoms with Crippen LogP contribution in [0.5, 0.6) is 0 Å². The molecule has 0 bridgehead atoms. The molecule has 0 aromatic heterocycles. The number of halogens is 1. The van der Waals surface area contributed by atoms with Crippen LogP contribution in [0.15, 0.2) is 54.6 Å². The molecule has 0 unspecified atom stereocenters. The molecule has 0 radical (unpaired) electrons. The zero-order chi connectivity index (χ0) is 18.7. The van der Waals surface area contributed by atoms with Crippen LogP contribution in [0.4, 0.5) is 0 Å². The molecule has 4 heteroatoms. The van der Waals surface area contributed by atoms with Crippen LogP contribution in [0.1, 0.15) is 36.0 Å². The Hall–Kier alpha value is -2.39. The predicted octanol–water partition coefficient (Wildman–Crippen LogP) is 4.97. The maximum atomic E-state index is 12.8. The number of esters is 1. The molecule has 2 aromatic rings. The van der Waals surface area contributed by atoms with Gasteiger partial charge in [0.15, 0.2) is 5.78 Å². The number of rotatable bonds is 4. The van der Waals surface area contributed by atoms with Crippen LogP contribution < -0.4 is 0 Å². The Morgan fingerprint density at radius 3 is 2.58 bits per heavy atom. The summed E-state index contributed by atoms with van der Waals surface area (Å²) in [4.78, 5) is 25.3. The summed E-state index contributed by atoms with van der Waals surface area (Å²) < 4.78 is 5.17. The van der Waals surface area contributed by atoms with Crippen LogP contribution in [0, 0.1) is 12.8 Å². The lowest BCUT2D eigenvalue weighted by atomic mass is 9.73. The molecule has 0 heterocycles. The van der Waals surface area contributed by atoms with Crippen molar-refractivity contribution in [3.8, 4) is 0 Å². The van der Waals surface area contributed by atoms with Gasteiger partial charge in [-0.25, -0.2) is 0 Å². The predicted molar refractivity (Wildman–Crippen MR) is 103 cm³/mol. The summed E-state index contributed by atoms with van der Waals surface area (Å²) in [7, 11) is 0. The highest BCUT2D eigenvalue weighted by atomic mass is 35.5. The van der Waals surface area contributed by atoms with Crippen LogP contribution >= 0.6 is 11.6 Å². The SMILES string of the molecule is CCOC(=O)[C@H]1C(=O)C=C(c2cccc(C)c2)C[C@@H]1c1ccc(Cl)cc1. The molecule has 0 aliphatic heterocycles. The molecule has 0 amide bonds. The lowest BCUT2D eigenvalue weighted by Gasteiger charge is -2.29. The Bertz CT molecular complexity index is 852. The van der Waals surface area contributed by atoms with Crippen LogP contribution in [-0.2, 0) is 14.3 Å². The summed E-state index contributed by atoms with van der Waals surface area (Å²) in [6, 6.07) is 15.4. The number of ketones is 1. The maximum Gasteiger partial charge on any atom is 0.317 e. The summed E-state index contributed by atoms with van der Waals surface area (Å²) in [5, 5.41) is 0.623. The first kappa shape index (κ1) is 18.4. The number of hydrogen-bond donors (Lipinski definition) is 0. The number of benzene rings is 2. The minimum Gasteiger partial charge on any atom is -0.465 e. The third kappa shape index (κ3) is 3.88. The first-order valence-corrected chi connectivity index (χ1v) is 9.11. The van der Waals surface area contributed by atoms with Gasteiger partial charge in [-0.3, -0.25) is 9.59 Å². The fourth-order valence-electron chi connectivity index (χ4n) is 3.45. The van der Waals surface area contributed by atoms with E-state index in [-0.39, 0.29) is 18.3 Å². The molecule has 2 atom stereocenters. The van der Waals surface area contributed by atoms with E-state index in [2.05, 4.69) is 6.07 Å². The van der Waals surface area contributed by atoms with E-state index in [0.29, 0.717) is 11.4 Å². The smallest absolute Gasteiger partial charge is 0.317 e. The molecule has 134 valence electrons. The Morgan fingerprint density at radius 1 is 1.19 bits per heavy atom. The van der Waals surface area contributed by atoms with Gasteiger partial charge in [0, 0.05) is 10.9 Å². The van der Waals surface area contributed by atoms with Crippen molar-refractivity contribution in [2.45, 2.75) is 26.2 Å². The van der Waals surface area contributed by atoms with Crippen LogP contribution in [0.25, 0.3) is 5.57 Å². The highest BCUT2D eigenvalue weighted by Gasteiger charge is 2.39. The zero-order valence-corrected chi connectivity index (χ0v) is 15.6. The number of hydrogen-bond acceptors (Lipinski definition) is 3. The largest absolute Gasteiger partial charge is 0.465 e. The third-order valence-corrected chi connectivity index (χ3v) is 4.94. The van der Waals surface area contributed by atoms with Gasteiger partial charge >= 0.3 is 5.97 Å². The molecule has 2 aromatic carbocycles. The van der Waals surface area contributed by atoms with E-state index in [0.717, 1.165) is 22.3 Å². The molecule has 0 N–H and O–H groups in total. The number of ether oxygens (including phenoxy) is 1. The Morgan fingerprint density at radius 2 is 1.92 bits per heavy atom. The number of carbonyl (C=O) groups is 2. The Balaban J connectivity index is 2.02. The summed E-state index contributed by atoms with van der Waals surface area (Å²) in [5.74, 6) is -1.74. The van der Waals surface area contributed by atoms with Gasteiger partial charge in [-0.1, -0.05) is 53.6 Å². The summed E-state index contributed by atoms with van der Waals surface area (Å²) in [6.45, 7) is 4.02. The van der Waals surface area contributed by atoms with Crippen molar-refractivity contribution in [3.63, 3.8) is 0 Å². The van der Waals surface area contributed by atoms with Crippen molar-refractivity contribution in [3.05, 3.63) is 76.3 Å². The van der Waals surface area contributed by atoms with Gasteiger partial charge in [-0.2, -0.15) is 0 Å². The quantitative estimate of drug-likeness (QED) is 0.565. The highest BCUT2D eigenvalue weighted by molar-refractivity contribution is 6.30. The molecule has 26 heavy (non-hydrogen) atoms. The third-order valence-electron chi connectivity index (χ3n) is 4.69. The van der Waals surface area contributed by atoms with E-state index < -0.39 is 11.9 Å². The monoisotopic (exact) mass is 368 g/mol. The van der Waals surface area contributed by atoms with E-state index in [1.54, 1.807) is 25.1 Å². The first-order chi connectivity index (χ1) is 12.5. The minimum atomic E-state index is -0.815. The highest BCUT2D eigenvalue weighted by Crippen LogP contribution is 2.40. The van der Waals surface area contributed by atoms with Crippen molar-refractivity contribution in [2.75, 3.05) is 6.61 Å². The van der Waals surface area contributed by atoms with Crippen molar-refractivity contribution in [2.24, 2.45) is 5.92 Å². The van der Waals surface area contributed by atoms with Crippen LogP contribution in [0.2, 0.25) is 5.02 Å². The summed E-state index contributed by atoms with van der Waals surface area (Å²) in [6.07, 6.45) is 2.20. The Kier molecular flexibility index (Phi) is 5.58.